The highest BCUT2D eigenvalue weighted by atomic mass is 16.5. The van der Waals surface area contributed by atoms with Crippen LogP contribution in [0.3, 0.4) is 0 Å². The minimum absolute atomic E-state index is 0.395. The topological polar surface area (TPSA) is 44.8 Å². The van der Waals surface area contributed by atoms with E-state index in [1.54, 1.807) is 26.4 Å². The number of ether oxygens (including phenoxy) is 3. The molecule has 0 aromatic heterocycles. The summed E-state index contributed by atoms with van der Waals surface area (Å²) in [6, 6.07) is 12.9. The van der Waals surface area contributed by atoms with E-state index in [1.165, 1.54) is 7.11 Å². The smallest absolute Gasteiger partial charge is 0.338 e. The minimum atomic E-state index is -0.395. The summed E-state index contributed by atoms with van der Waals surface area (Å²) in [7, 11) is 4.53. The van der Waals surface area contributed by atoms with Crippen molar-refractivity contribution in [2.24, 2.45) is 0 Å². The maximum absolute atomic E-state index is 11.7. The zero-order valence-electron chi connectivity index (χ0n) is 11.7. The molecule has 0 aliphatic carbocycles. The van der Waals surface area contributed by atoms with Crippen LogP contribution in [0.15, 0.2) is 42.5 Å². The van der Waals surface area contributed by atoms with Gasteiger partial charge in [0.2, 0.25) is 0 Å². The van der Waals surface area contributed by atoms with Crippen LogP contribution in [0.5, 0.6) is 11.5 Å². The van der Waals surface area contributed by atoms with E-state index in [2.05, 4.69) is 0 Å². The largest absolute Gasteiger partial charge is 0.497 e. The first-order valence-electron chi connectivity index (χ1n) is 6.09. The van der Waals surface area contributed by atoms with Gasteiger partial charge in [0.15, 0.2) is 0 Å². The zero-order chi connectivity index (χ0) is 14.5. The standard InChI is InChI=1S/C16H16O4/c1-18-14-6-4-5-11(8-14)12-7-13(16(17)20-3)10-15(9-12)19-2/h4-10H,1-3H3. The van der Waals surface area contributed by atoms with Gasteiger partial charge in [-0.1, -0.05) is 12.1 Å². The molecule has 0 radical (unpaired) electrons. The Balaban J connectivity index is 2.51. The summed E-state index contributed by atoms with van der Waals surface area (Å²) in [4.78, 5) is 11.7. The fraction of sp³-hybridized carbons (Fsp3) is 0.188. The number of hydrogen-bond acceptors (Lipinski definition) is 4. The van der Waals surface area contributed by atoms with Crippen molar-refractivity contribution in [2.75, 3.05) is 21.3 Å². The second-order valence-electron chi connectivity index (χ2n) is 4.17. The molecule has 4 nitrogen and oxygen atoms in total. The Morgan fingerprint density at radius 1 is 0.850 bits per heavy atom. The lowest BCUT2D eigenvalue weighted by molar-refractivity contribution is 0.0600. The van der Waals surface area contributed by atoms with Crippen molar-refractivity contribution in [3.63, 3.8) is 0 Å². The monoisotopic (exact) mass is 272 g/mol. The third kappa shape index (κ3) is 2.91. The Morgan fingerprint density at radius 2 is 1.55 bits per heavy atom. The summed E-state index contributed by atoms with van der Waals surface area (Å²) >= 11 is 0. The van der Waals surface area contributed by atoms with Crippen molar-refractivity contribution < 1.29 is 19.0 Å². The third-order valence-electron chi connectivity index (χ3n) is 2.97. The van der Waals surface area contributed by atoms with Crippen molar-refractivity contribution in [3.05, 3.63) is 48.0 Å². The van der Waals surface area contributed by atoms with Gasteiger partial charge in [0.25, 0.3) is 0 Å². The fourth-order valence-electron chi connectivity index (χ4n) is 1.92. The van der Waals surface area contributed by atoms with E-state index in [0.717, 1.165) is 16.9 Å². The van der Waals surface area contributed by atoms with E-state index in [1.807, 2.05) is 30.3 Å². The van der Waals surface area contributed by atoms with E-state index in [4.69, 9.17) is 14.2 Å². The molecule has 0 bridgehead atoms. The van der Waals surface area contributed by atoms with Gasteiger partial charge in [0.1, 0.15) is 11.5 Å². The van der Waals surface area contributed by atoms with Gasteiger partial charge in [-0.15, -0.1) is 0 Å². The SMILES string of the molecule is COC(=O)c1cc(OC)cc(-c2cccc(OC)c2)c1. The second-order valence-corrected chi connectivity index (χ2v) is 4.17. The van der Waals surface area contributed by atoms with E-state index in [0.29, 0.717) is 11.3 Å². The van der Waals surface area contributed by atoms with Gasteiger partial charge in [-0.25, -0.2) is 4.79 Å². The first-order chi connectivity index (χ1) is 9.67. The quantitative estimate of drug-likeness (QED) is 0.802. The van der Waals surface area contributed by atoms with Crippen LogP contribution in [0.25, 0.3) is 11.1 Å². The van der Waals surface area contributed by atoms with Crippen LogP contribution >= 0.6 is 0 Å². The Morgan fingerprint density at radius 3 is 2.20 bits per heavy atom. The summed E-state index contributed by atoms with van der Waals surface area (Å²) in [6.07, 6.45) is 0. The van der Waals surface area contributed by atoms with Crippen LogP contribution in [-0.4, -0.2) is 27.3 Å². The van der Waals surface area contributed by atoms with Crippen molar-refractivity contribution in [1.29, 1.82) is 0 Å². The van der Waals surface area contributed by atoms with E-state index < -0.39 is 5.97 Å². The lowest BCUT2D eigenvalue weighted by Gasteiger charge is -2.09. The average Bonchev–Trinajstić information content (AvgIpc) is 2.53. The molecule has 0 spiro atoms. The predicted octanol–water partition coefficient (Wildman–Crippen LogP) is 3.16. The average molecular weight is 272 g/mol. The summed E-state index contributed by atoms with van der Waals surface area (Å²) in [5.74, 6) is 0.962. The molecule has 0 aliphatic heterocycles. The number of carbonyl (C=O) groups excluding carboxylic acids is 1. The van der Waals surface area contributed by atoms with Crippen molar-refractivity contribution in [1.82, 2.24) is 0 Å². The van der Waals surface area contributed by atoms with Gasteiger partial charge >= 0.3 is 5.97 Å². The van der Waals surface area contributed by atoms with Gasteiger partial charge in [-0.3, -0.25) is 0 Å². The van der Waals surface area contributed by atoms with Crippen molar-refractivity contribution in [3.8, 4) is 22.6 Å². The highest BCUT2D eigenvalue weighted by Crippen LogP contribution is 2.28. The lowest BCUT2D eigenvalue weighted by Crippen LogP contribution is -2.02. The van der Waals surface area contributed by atoms with Gasteiger partial charge in [-0.05, 0) is 41.5 Å². The molecular weight excluding hydrogens is 256 g/mol. The van der Waals surface area contributed by atoms with Crippen LogP contribution < -0.4 is 9.47 Å². The number of esters is 1. The summed E-state index contributed by atoms with van der Waals surface area (Å²) in [6.45, 7) is 0. The molecule has 0 aliphatic rings. The molecule has 0 unspecified atom stereocenters. The molecule has 2 aromatic carbocycles. The molecule has 104 valence electrons. The Bertz CT molecular complexity index is 620. The first kappa shape index (κ1) is 13.9. The van der Waals surface area contributed by atoms with Gasteiger partial charge in [0, 0.05) is 0 Å². The summed E-state index contributed by atoms with van der Waals surface area (Å²) in [5, 5.41) is 0. The maximum atomic E-state index is 11.7. The molecule has 4 heteroatoms. The van der Waals surface area contributed by atoms with Crippen LogP contribution in [0.2, 0.25) is 0 Å². The molecule has 0 atom stereocenters. The third-order valence-corrected chi connectivity index (χ3v) is 2.97. The van der Waals surface area contributed by atoms with Crippen LogP contribution in [-0.2, 0) is 4.74 Å². The molecule has 2 rings (SSSR count). The van der Waals surface area contributed by atoms with Crippen LogP contribution in [0, 0.1) is 0 Å². The Labute approximate surface area is 117 Å². The number of rotatable bonds is 4. The van der Waals surface area contributed by atoms with Crippen LogP contribution in [0.1, 0.15) is 10.4 Å². The summed E-state index contributed by atoms with van der Waals surface area (Å²) < 4.78 is 15.2. The lowest BCUT2D eigenvalue weighted by atomic mass is 10.0. The normalized spacial score (nSPS) is 9.95. The molecule has 20 heavy (non-hydrogen) atoms. The molecule has 0 amide bonds. The highest BCUT2D eigenvalue weighted by molar-refractivity contribution is 5.91. The van der Waals surface area contributed by atoms with Gasteiger partial charge < -0.3 is 14.2 Å². The van der Waals surface area contributed by atoms with E-state index in [-0.39, 0.29) is 0 Å². The van der Waals surface area contributed by atoms with Crippen molar-refractivity contribution in [2.45, 2.75) is 0 Å². The molecule has 0 N–H and O–H groups in total. The number of methoxy groups -OCH3 is 3. The number of hydrogen-bond donors (Lipinski definition) is 0. The Hall–Kier alpha value is -2.49. The van der Waals surface area contributed by atoms with E-state index in [9.17, 15) is 4.79 Å². The minimum Gasteiger partial charge on any atom is -0.497 e. The second kappa shape index (κ2) is 6.10. The molecule has 0 saturated carbocycles. The van der Waals surface area contributed by atoms with Crippen molar-refractivity contribution >= 4 is 5.97 Å². The summed E-state index contributed by atoms with van der Waals surface area (Å²) in [5.41, 5.74) is 2.25. The van der Waals surface area contributed by atoms with Gasteiger partial charge in [0.05, 0.1) is 26.9 Å². The molecule has 2 aromatic rings. The predicted molar refractivity (Wildman–Crippen MR) is 76.3 cm³/mol. The number of benzene rings is 2. The number of carbonyl (C=O) groups is 1. The van der Waals surface area contributed by atoms with E-state index >= 15 is 0 Å². The van der Waals surface area contributed by atoms with Crippen LogP contribution in [0.4, 0.5) is 0 Å². The van der Waals surface area contributed by atoms with Gasteiger partial charge in [-0.2, -0.15) is 0 Å². The molecule has 0 saturated heterocycles. The zero-order valence-corrected chi connectivity index (χ0v) is 11.7. The highest BCUT2D eigenvalue weighted by Gasteiger charge is 2.10. The first-order valence-corrected chi connectivity index (χ1v) is 6.09. The fourth-order valence-corrected chi connectivity index (χ4v) is 1.92. The Kier molecular flexibility index (Phi) is 4.25. The molecule has 0 heterocycles. The molecular formula is C16H16O4. The molecule has 0 fully saturated rings. The maximum Gasteiger partial charge on any atom is 0.338 e.